The average molecular weight is 363 g/mol. The number of hydrogen-bond donors (Lipinski definition) is 1. The van der Waals surface area contributed by atoms with Crippen LogP contribution in [-0.2, 0) is 11.3 Å². The predicted molar refractivity (Wildman–Crippen MR) is 98.3 cm³/mol. The molecule has 0 aliphatic rings. The highest BCUT2D eigenvalue weighted by Gasteiger charge is 2.07. The SMILES string of the molecule is O=C(CCSc1ccccc1Cl)NCc1nc2ccccc2s1. The molecule has 1 N–H and O–H groups in total. The Kier molecular flexibility index (Phi) is 5.54. The van der Waals surface area contributed by atoms with E-state index in [9.17, 15) is 4.79 Å². The minimum atomic E-state index is 0.0313. The van der Waals surface area contributed by atoms with Gasteiger partial charge >= 0.3 is 0 Å². The van der Waals surface area contributed by atoms with Crippen molar-refractivity contribution in [2.45, 2.75) is 17.9 Å². The van der Waals surface area contributed by atoms with E-state index in [0.29, 0.717) is 18.7 Å². The second-order valence-electron chi connectivity index (χ2n) is 4.88. The number of aromatic nitrogens is 1. The molecular formula is C17H15ClN2OS2. The summed E-state index contributed by atoms with van der Waals surface area (Å²) < 4.78 is 1.14. The highest BCUT2D eigenvalue weighted by Crippen LogP contribution is 2.27. The number of amides is 1. The van der Waals surface area contributed by atoms with Gasteiger partial charge in [-0.2, -0.15) is 0 Å². The van der Waals surface area contributed by atoms with Crippen LogP contribution < -0.4 is 5.32 Å². The molecule has 6 heteroatoms. The summed E-state index contributed by atoms with van der Waals surface area (Å²) in [5.41, 5.74) is 0.982. The lowest BCUT2D eigenvalue weighted by Gasteiger charge is -2.04. The Hall–Kier alpha value is -1.56. The summed E-state index contributed by atoms with van der Waals surface area (Å²) in [6, 6.07) is 15.7. The normalized spacial score (nSPS) is 10.8. The topological polar surface area (TPSA) is 42.0 Å². The summed E-state index contributed by atoms with van der Waals surface area (Å²) in [5, 5.41) is 4.58. The van der Waals surface area contributed by atoms with Gasteiger partial charge in [0.25, 0.3) is 0 Å². The zero-order valence-electron chi connectivity index (χ0n) is 12.3. The summed E-state index contributed by atoms with van der Waals surface area (Å²) in [7, 11) is 0. The zero-order chi connectivity index (χ0) is 16.1. The number of nitrogens with one attached hydrogen (secondary N) is 1. The molecule has 23 heavy (non-hydrogen) atoms. The number of benzene rings is 2. The van der Waals surface area contributed by atoms with Gasteiger partial charge in [-0.25, -0.2) is 4.98 Å². The van der Waals surface area contributed by atoms with Crippen LogP contribution in [0.3, 0.4) is 0 Å². The molecule has 0 unspecified atom stereocenters. The van der Waals surface area contributed by atoms with Gasteiger partial charge in [-0.05, 0) is 24.3 Å². The number of nitrogens with zero attached hydrogens (tertiary/aromatic N) is 1. The van der Waals surface area contributed by atoms with Crippen LogP contribution in [-0.4, -0.2) is 16.6 Å². The van der Waals surface area contributed by atoms with Gasteiger partial charge < -0.3 is 5.32 Å². The third-order valence-electron chi connectivity index (χ3n) is 3.20. The molecule has 2 aromatic carbocycles. The lowest BCUT2D eigenvalue weighted by Crippen LogP contribution is -2.22. The Morgan fingerprint density at radius 1 is 1.17 bits per heavy atom. The number of hydrogen-bond acceptors (Lipinski definition) is 4. The van der Waals surface area contributed by atoms with Gasteiger partial charge in [0, 0.05) is 17.1 Å². The summed E-state index contributed by atoms with van der Waals surface area (Å²) >= 11 is 9.30. The van der Waals surface area contributed by atoms with Gasteiger partial charge in [-0.3, -0.25) is 4.79 Å². The number of carbonyl (C=O) groups is 1. The summed E-state index contributed by atoms with van der Waals surface area (Å²) in [5.74, 6) is 0.735. The fourth-order valence-corrected chi connectivity index (χ4v) is 4.17. The Balaban J connectivity index is 1.45. The number of thiazole rings is 1. The monoisotopic (exact) mass is 362 g/mol. The number of carbonyl (C=O) groups excluding carboxylic acids is 1. The van der Waals surface area contributed by atoms with Crippen molar-refractivity contribution >= 4 is 50.8 Å². The third-order valence-corrected chi connectivity index (χ3v) is 5.75. The first kappa shape index (κ1) is 16.3. The van der Waals surface area contributed by atoms with E-state index >= 15 is 0 Å². The van der Waals surface area contributed by atoms with Gasteiger partial charge in [-0.15, -0.1) is 23.1 Å². The lowest BCUT2D eigenvalue weighted by atomic mass is 10.3. The molecule has 0 atom stereocenters. The van der Waals surface area contributed by atoms with Crippen LogP contribution in [0.5, 0.6) is 0 Å². The van der Waals surface area contributed by atoms with Crippen LogP contribution in [0.15, 0.2) is 53.4 Å². The first-order valence-corrected chi connectivity index (χ1v) is 9.39. The maximum absolute atomic E-state index is 11.9. The third kappa shape index (κ3) is 4.47. The molecular weight excluding hydrogens is 348 g/mol. The number of para-hydroxylation sites is 1. The van der Waals surface area contributed by atoms with Crippen LogP contribution in [0.2, 0.25) is 5.02 Å². The molecule has 0 radical (unpaired) electrons. The first-order chi connectivity index (χ1) is 11.2. The molecule has 0 saturated carbocycles. The highest BCUT2D eigenvalue weighted by atomic mass is 35.5. The van der Waals surface area contributed by atoms with Gasteiger partial charge in [0.1, 0.15) is 5.01 Å². The van der Waals surface area contributed by atoms with Gasteiger partial charge in [0.2, 0.25) is 5.91 Å². The van der Waals surface area contributed by atoms with E-state index in [4.69, 9.17) is 11.6 Å². The minimum Gasteiger partial charge on any atom is -0.350 e. The maximum Gasteiger partial charge on any atom is 0.221 e. The van der Waals surface area contributed by atoms with E-state index < -0.39 is 0 Å². The van der Waals surface area contributed by atoms with Crippen molar-refractivity contribution in [2.24, 2.45) is 0 Å². The lowest BCUT2D eigenvalue weighted by molar-refractivity contribution is -0.120. The van der Waals surface area contributed by atoms with Crippen LogP contribution in [0, 0.1) is 0 Å². The Labute approximate surface area is 148 Å². The Bertz CT molecular complexity index is 786. The molecule has 1 amide bonds. The number of rotatable bonds is 6. The minimum absolute atomic E-state index is 0.0313. The molecule has 118 valence electrons. The number of thioether (sulfide) groups is 1. The largest absolute Gasteiger partial charge is 0.350 e. The number of fused-ring (bicyclic) bond motifs is 1. The molecule has 0 bridgehead atoms. The molecule has 0 aliphatic carbocycles. The van der Waals surface area contributed by atoms with E-state index in [1.807, 2.05) is 48.5 Å². The second-order valence-corrected chi connectivity index (χ2v) is 7.54. The van der Waals surface area contributed by atoms with E-state index in [0.717, 1.165) is 25.1 Å². The zero-order valence-corrected chi connectivity index (χ0v) is 14.7. The van der Waals surface area contributed by atoms with Crippen molar-refractivity contribution in [3.63, 3.8) is 0 Å². The van der Waals surface area contributed by atoms with Gasteiger partial charge in [-0.1, -0.05) is 35.9 Å². The van der Waals surface area contributed by atoms with Crippen molar-refractivity contribution in [2.75, 3.05) is 5.75 Å². The fraction of sp³-hybridized carbons (Fsp3) is 0.176. The summed E-state index contributed by atoms with van der Waals surface area (Å²) in [6.45, 7) is 0.481. The van der Waals surface area contributed by atoms with Gasteiger partial charge in [0.05, 0.1) is 21.8 Å². The maximum atomic E-state index is 11.9. The van der Waals surface area contributed by atoms with Crippen molar-refractivity contribution in [3.8, 4) is 0 Å². The average Bonchev–Trinajstić information content (AvgIpc) is 2.98. The van der Waals surface area contributed by atoms with Crippen LogP contribution in [0.1, 0.15) is 11.4 Å². The van der Waals surface area contributed by atoms with Crippen LogP contribution in [0.4, 0.5) is 0 Å². The highest BCUT2D eigenvalue weighted by molar-refractivity contribution is 7.99. The van der Waals surface area contributed by atoms with E-state index in [-0.39, 0.29) is 5.91 Å². The quantitative estimate of drug-likeness (QED) is 0.643. The van der Waals surface area contributed by atoms with Crippen molar-refractivity contribution in [1.29, 1.82) is 0 Å². The standard InChI is InChI=1S/C17H15ClN2OS2/c18-12-5-1-3-7-14(12)22-10-9-16(21)19-11-17-20-13-6-2-4-8-15(13)23-17/h1-8H,9-11H2,(H,19,21). The van der Waals surface area contributed by atoms with Crippen molar-refractivity contribution in [1.82, 2.24) is 10.3 Å². The van der Waals surface area contributed by atoms with Crippen LogP contribution in [0.25, 0.3) is 10.2 Å². The predicted octanol–water partition coefficient (Wildman–Crippen LogP) is 4.75. The molecule has 0 aliphatic heterocycles. The van der Waals surface area contributed by atoms with E-state index in [1.165, 1.54) is 0 Å². The molecule has 1 aromatic heterocycles. The molecule has 3 aromatic rings. The molecule has 0 fully saturated rings. The van der Waals surface area contributed by atoms with Crippen molar-refractivity contribution in [3.05, 3.63) is 58.6 Å². The summed E-state index contributed by atoms with van der Waals surface area (Å²) in [4.78, 5) is 17.4. The molecule has 0 spiro atoms. The van der Waals surface area contributed by atoms with E-state index in [2.05, 4.69) is 10.3 Å². The van der Waals surface area contributed by atoms with Crippen molar-refractivity contribution < 1.29 is 4.79 Å². The van der Waals surface area contributed by atoms with Gasteiger partial charge in [0.15, 0.2) is 0 Å². The second kappa shape index (κ2) is 7.81. The smallest absolute Gasteiger partial charge is 0.221 e. The Morgan fingerprint density at radius 2 is 1.96 bits per heavy atom. The number of halogens is 1. The molecule has 0 saturated heterocycles. The fourth-order valence-electron chi connectivity index (χ4n) is 2.07. The first-order valence-electron chi connectivity index (χ1n) is 7.21. The molecule has 3 nitrogen and oxygen atoms in total. The van der Waals surface area contributed by atoms with E-state index in [1.54, 1.807) is 23.1 Å². The Morgan fingerprint density at radius 3 is 2.78 bits per heavy atom. The van der Waals surface area contributed by atoms with Crippen LogP contribution >= 0.6 is 34.7 Å². The molecule has 1 heterocycles. The molecule has 3 rings (SSSR count). The summed E-state index contributed by atoms with van der Waals surface area (Å²) in [6.07, 6.45) is 0.459.